The van der Waals surface area contributed by atoms with Gasteiger partial charge in [0.05, 0.1) is 6.54 Å². The van der Waals surface area contributed by atoms with Crippen LogP contribution in [0, 0.1) is 0 Å². The number of hydrogen-bond acceptors (Lipinski definition) is 5. The van der Waals surface area contributed by atoms with Gasteiger partial charge < -0.3 is 20.5 Å². The molecule has 0 aromatic heterocycles. The number of nitrogens with two attached hydrogens (primary N) is 1. The van der Waals surface area contributed by atoms with Crippen molar-refractivity contribution < 1.29 is 19.1 Å². The first-order valence-corrected chi connectivity index (χ1v) is 5.38. The van der Waals surface area contributed by atoms with Crippen LogP contribution in [-0.2, 0) is 4.79 Å². The molecule has 0 aliphatic carbocycles. The minimum Gasteiger partial charge on any atom is -0.486 e. The zero-order chi connectivity index (χ0) is 13.0. The number of anilines is 1. The fraction of sp³-hybridized carbons (Fsp3) is 0.273. The summed E-state index contributed by atoms with van der Waals surface area (Å²) in [4.78, 5) is 21.6. The van der Waals surface area contributed by atoms with E-state index in [1.807, 2.05) is 5.32 Å². The van der Waals surface area contributed by atoms with E-state index in [2.05, 4.69) is 5.32 Å². The lowest BCUT2D eigenvalue weighted by atomic mass is 10.2. The lowest BCUT2D eigenvalue weighted by Crippen LogP contribution is -2.38. The molecule has 18 heavy (non-hydrogen) atoms. The normalized spacial score (nSPS) is 12.7. The predicted octanol–water partition coefficient (Wildman–Crippen LogP) is 0.0646. The molecule has 0 unspecified atom stereocenters. The molecule has 1 aromatic rings. The van der Waals surface area contributed by atoms with Gasteiger partial charge in [0.25, 0.3) is 0 Å². The molecule has 1 aromatic carbocycles. The standard InChI is InChI=1S/C11H13N3O4/c12-11(16)14-10(15)6-13-7-1-2-8-9(5-7)18-4-3-17-8/h1-2,5,13H,3-4,6H2,(H3,12,14,15,16). The van der Waals surface area contributed by atoms with Crippen LogP contribution in [0.3, 0.4) is 0 Å². The smallest absolute Gasteiger partial charge is 0.318 e. The van der Waals surface area contributed by atoms with Gasteiger partial charge in [-0.2, -0.15) is 0 Å². The number of carbonyl (C=O) groups excluding carboxylic acids is 2. The van der Waals surface area contributed by atoms with Gasteiger partial charge in [0.1, 0.15) is 13.2 Å². The number of urea groups is 1. The summed E-state index contributed by atoms with van der Waals surface area (Å²) >= 11 is 0. The molecule has 0 bridgehead atoms. The molecule has 0 fully saturated rings. The number of fused-ring (bicyclic) bond motifs is 1. The van der Waals surface area contributed by atoms with Gasteiger partial charge in [0, 0.05) is 11.8 Å². The van der Waals surface area contributed by atoms with Gasteiger partial charge in [-0.3, -0.25) is 10.1 Å². The Morgan fingerprint density at radius 1 is 1.22 bits per heavy atom. The Morgan fingerprint density at radius 2 is 1.94 bits per heavy atom. The number of hydrogen-bond donors (Lipinski definition) is 3. The van der Waals surface area contributed by atoms with Crippen LogP contribution in [0.1, 0.15) is 0 Å². The first-order chi connectivity index (χ1) is 8.65. The SMILES string of the molecule is NC(=O)NC(=O)CNc1ccc2c(c1)OCCO2. The van der Waals surface area contributed by atoms with Crippen LogP contribution in [0.15, 0.2) is 18.2 Å². The lowest BCUT2D eigenvalue weighted by molar-refractivity contribution is -0.118. The van der Waals surface area contributed by atoms with E-state index < -0.39 is 11.9 Å². The first kappa shape index (κ1) is 12.0. The molecule has 0 radical (unpaired) electrons. The van der Waals surface area contributed by atoms with E-state index in [1.165, 1.54) is 0 Å². The molecule has 1 aliphatic heterocycles. The van der Waals surface area contributed by atoms with Crippen molar-refractivity contribution in [2.45, 2.75) is 0 Å². The molecule has 7 heteroatoms. The molecule has 7 nitrogen and oxygen atoms in total. The zero-order valence-electron chi connectivity index (χ0n) is 9.56. The van der Waals surface area contributed by atoms with Gasteiger partial charge >= 0.3 is 6.03 Å². The number of ether oxygens (including phenoxy) is 2. The van der Waals surface area contributed by atoms with Crippen LogP contribution in [0.5, 0.6) is 11.5 Å². The molecule has 0 spiro atoms. The van der Waals surface area contributed by atoms with Crippen molar-refractivity contribution in [3.05, 3.63) is 18.2 Å². The van der Waals surface area contributed by atoms with Crippen LogP contribution in [0.2, 0.25) is 0 Å². The summed E-state index contributed by atoms with van der Waals surface area (Å²) in [7, 11) is 0. The molecule has 4 N–H and O–H groups in total. The van der Waals surface area contributed by atoms with Gasteiger partial charge in [-0.1, -0.05) is 0 Å². The fourth-order valence-corrected chi connectivity index (χ4v) is 1.52. The van der Waals surface area contributed by atoms with E-state index in [4.69, 9.17) is 15.2 Å². The van der Waals surface area contributed by atoms with Crippen LogP contribution < -0.4 is 25.8 Å². The Hall–Kier alpha value is -2.44. The average Bonchev–Trinajstić information content (AvgIpc) is 2.35. The summed E-state index contributed by atoms with van der Waals surface area (Å²) in [6, 6.07) is 4.36. The van der Waals surface area contributed by atoms with Crippen molar-refractivity contribution in [1.29, 1.82) is 0 Å². The number of nitrogens with one attached hydrogen (secondary N) is 2. The van der Waals surface area contributed by atoms with Gasteiger partial charge in [0.2, 0.25) is 5.91 Å². The maximum Gasteiger partial charge on any atom is 0.318 e. The summed E-state index contributed by atoms with van der Waals surface area (Å²) in [5.41, 5.74) is 5.51. The zero-order valence-corrected chi connectivity index (χ0v) is 9.56. The molecule has 0 saturated carbocycles. The van der Waals surface area contributed by atoms with E-state index in [0.29, 0.717) is 30.4 Å². The number of rotatable bonds is 3. The van der Waals surface area contributed by atoms with Crippen LogP contribution in [-0.4, -0.2) is 31.7 Å². The van der Waals surface area contributed by atoms with Crippen molar-refractivity contribution in [2.75, 3.05) is 25.1 Å². The largest absolute Gasteiger partial charge is 0.486 e. The van der Waals surface area contributed by atoms with Gasteiger partial charge in [0.15, 0.2) is 11.5 Å². The lowest BCUT2D eigenvalue weighted by Gasteiger charge is -2.19. The van der Waals surface area contributed by atoms with Gasteiger partial charge in [-0.25, -0.2) is 4.79 Å². The Bertz CT molecular complexity index is 475. The molecular formula is C11H13N3O4. The number of primary amides is 1. The summed E-state index contributed by atoms with van der Waals surface area (Å²) in [6.07, 6.45) is 0. The average molecular weight is 251 g/mol. The number of benzene rings is 1. The molecule has 2 rings (SSSR count). The second-order valence-corrected chi connectivity index (χ2v) is 3.62. The highest BCUT2D eigenvalue weighted by atomic mass is 16.6. The molecular weight excluding hydrogens is 238 g/mol. The summed E-state index contributed by atoms with van der Waals surface area (Å²) in [5, 5.41) is 4.80. The molecule has 1 aliphatic rings. The molecule has 96 valence electrons. The maximum absolute atomic E-state index is 11.2. The van der Waals surface area contributed by atoms with E-state index in [1.54, 1.807) is 18.2 Å². The first-order valence-electron chi connectivity index (χ1n) is 5.38. The van der Waals surface area contributed by atoms with Crippen molar-refractivity contribution in [3.63, 3.8) is 0 Å². The second-order valence-electron chi connectivity index (χ2n) is 3.62. The Labute approximate surface area is 103 Å². The van der Waals surface area contributed by atoms with Crippen molar-refractivity contribution in [1.82, 2.24) is 5.32 Å². The second kappa shape index (κ2) is 5.26. The number of imide groups is 1. The third kappa shape index (κ3) is 3.03. The minimum atomic E-state index is -0.871. The fourth-order valence-electron chi connectivity index (χ4n) is 1.52. The van der Waals surface area contributed by atoms with Crippen LogP contribution in [0.4, 0.5) is 10.5 Å². The maximum atomic E-state index is 11.2. The van der Waals surface area contributed by atoms with E-state index in [-0.39, 0.29) is 6.54 Å². The third-order valence-corrected chi connectivity index (χ3v) is 2.26. The van der Waals surface area contributed by atoms with Crippen LogP contribution in [0.25, 0.3) is 0 Å². The Kier molecular flexibility index (Phi) is 3.52. The highest BCUT2D eigenvalue weighted by Gasteiger charge is 2.12. The Morgan fingerprint density at radius 3 is 2.67 bits per heavy atom. The third-order valence-electron chi connectivity index (χ3n) is 2.26. The van der Waals surface area contributed by atoms with Gasteiger partial charge in [-0.05, 0) is 12.1 Å². The molecule has 0 saturated heterocycles. The highest BCUT2D eigenvalue weighted by molar-refractivity contribution is 5.95. The summed E-state index contributed by atoms with van der Waals surface area (Å²) < 4.78 is 10.8. The van der Waals surface area contributed by atoms with Gasteiger partial charge in [-0.15, -0.1) is 0 Å². The molecule has 1 heterocycles. The molecule has 3 amide bonds. The quantitative estimate of drug-likeness (QED) is 0.705. The van der Waals surface area contributed by atoms with E-state index in [0.717, 1.165) is 0 Å². The highest BCUT2D eigenvalue weighted by Crippen LogP contribution is 2.32. The Balaban J connectivity index is 1.94. The van der Waals surface area contributed by atoms with Crippen molar-refractivity contribution >= 4 is 17.6 Å². The number of carbonyl (C=O) groups is 2. The minimum absolute atomic E-state index is 0.0530. The predicted molar refractivity (Wildman–Crippen MR) is 63.6 cm³/mol. The van der Waals surface area contributed by atoms with Crippen molar-refractivity contribution in [3.8, 4) is 11.5 Å². The van der Waals surface area contributed by atoms with Crippen molar-refractivity contribution in [2.24, 2.45) is 5.73 Å². The van der Waals surface area contributed by atoms with E-state index in [9.17, 15) is 9.59 Å². The summed E-state index contributed by atoms with van der Waals surface area (Å²) in [5.74, 6) is 0.798. The van der Waals surface area contributed by atoms with E-state index >= 15 is 0 Å². The monoisotopic (exact) mass is 251 g/mol. The summed E-state index contributed by atoms with van der Waals surface area (Å²) in [6.45, 7) is 0.974. The molecule has 0 atom stereocenters. The number of amides is 3. The topological polar surface area (TPSA) is 103 Å². The van der Waals surface area contributed by atoms with Crippen LogP contribution >= 0.6 is 0 Å².